The lowest BCUT2D eigenvalue weighted by atomic mass is 10.4. The van der Waals surface area contributed by atoms with E-state index < -0.39 is 0 Å². The summed E-state index contributed by atoms with van der Waals surface area (Å²) in [5.74, 6) is 0.193. The van der Waals surface area contributed by atoms with Gasteiger partial charge >= 0.3 is 0 Å². The van der Waals surface area contributed by atoms with Crippen LogP contribution in [0.3, 0.4) is 0 Å². The number of carbonyl (C=O) groups excluding carboxylic acids is 1. The molecule has 1 aliphatic rings. The van der Waals surface area contributed by atoms with Crippen LogP contribution in [0.25, 0.3) is 0 Å². The summed E-state index contributed by atoms with van der Waals surface area (Å²) in [4.78, 5) is 13.8. The van der Waals surface area contributed by atoms with Crippen LogP contribution in [0.2, 0.25) is 0 Å². The molecular formula is C11H17N3O. The molecule has 0 saturated carbocycles. The summed E-state index contributed by atoms with van der Waals surface area (Å²) in [5, 5.41) is 4.29. The van der Waals surface area contributed by atoms with E-state index in [4.69, 9.17) is 0 Å². The second kappa shape index (κ2) is 4.04. The summed E-state index contributed by atoms with van der Waals surface area (Å²) in [7, 11) is 0. The molecule has 1 aromatic rings. The Hall–Kier alpha value is -1.32. The SMILES string of the molecule is Cc1cc(C)n(CC(=O)N2CCCC2)n1. The smallest absolute Gasteiger partial charge is 0.244 e. The average molecular weight is 207 g/mol. The minimum atomic E-state index is 0.193. The van der Waals surface area contributed by atoms with Crippen LogP contribution in [0.4, 0.5) is 0 Å². The fourth-order valence-electron chi connectivity index (χ4n) is 2.03. The van der Waals surface area contributed by atoms with Crippen molar-refractivity contribution in [1.29, 1.82) is 0 Å². The van der Waals surface area contributed by atoms with Crippen molar-refractivity contribution < 1.29 is 4.79 Å². The second-order valence-electron chi connectivity index (χ2n) is 4.17. The first-order valence-corrected chi connectivity index (χ1v) is 5.45. The third kappa shape index (κ3) is 2.19. The maximum Gasteiger partial charge on any atom is 0.244 e. The van der Waals surface area contributed by atoms with Gasteiger partial charge in [0.05, 0.1) is 5.69 Å². The minimum absolute atomic E-state index is 0.193. The Labute approximate surface area is 89.9 Å². The number of aryl methyl sites for hydroxylation is 2. The molecule has 1 aliphatic heterocycles. The molecule has 0 N–H and O–H groups in total. The van der Waals surface area contributed by atoms with E-state index in [0.29, 0.717) is 6.54 Å². The van der Waals surface area contributed by atoms with E-state index in [0.717, 1.165) is 37.3 Å². The summed E-state index contributed by atoms with van der Waals surface area (Å²) in [6.45, 7) is 6.15. The van der Waals surface area contributed by atoms with Crippen molar-refractivity contribution in [2.75, 3.05) is 13.1 Å². The van der Waals surface area contributed by atoms with Gasteiger partial charge in [0.1, 0.15) is 6.54 Å². The molecule has 0 radical (unpaired) electrons. The van der Waals surface area contributed by atoms with Crippen LogP contribution in [0, 0.1) is 13.8 Å². The van der Waals surface area contributed by atoms with Gasteiger partial charge in [-0.25, -0.2) is 0 Å². The van der Waals surface area contributed by atoms with Crippen molar-refractivity contribution >= 4 is 5.91 Å². The van der Waals surface area contributed by atoms with Crippen molar-refractivity contribution in [2.24, 2.45) is 0 Å². The Bertz CT molecular complexity index is 364. The first-order chi connectivity index (χ1) is 7.16. The normalized spacial score (nSPS) is 16.0. The molecule has 2 heterocycles. The number of amides is 1. The van der Waals surface area contributed by atoms with Gasteiger partial charge in [0, 0.05) is 18.8 Å². The highest BCUT2D eigenvalue weighted by atomic mass is 16.2. The summed E-state index contributed by atoms with van der Waals surface area (Å²) in [5.41, 5.74) is 2.03. The highest BCUT2D eigenvalue weighted by Crippen LogP contribution is 2.09. The van der Waals surface area contributed by atoms with Crippen LogP contribution in [-0.4, -0.2) is 33.7 Å². The zero-order chi connectivity index (χ0) is 10.8. The Balaban J connectivity index is 2.01. The predicted molar refractivity (Wildman–Crippen MR) is 57.5 cm³/mol. The van der Waals surface area contributed by atoms with Gasteiger partial charge in [-0.2, -0.15) is 5.10 Å². The van der Waals surface area contributed by atoms with E-state index in [-0.39, 0.29) is 5.91 Å². The third-order valence-corrected chi connectivity index (χ3v) is 2.85. The van der Waals surface area contributed by atoms with Gasteiger partial charge in [-0.05, 0) is 32.8 Å². The Kier molecular flexibility index (Phi) is 2.75. The van der Waals surface area contributed by atoms with Crippen LogP contribution in [0.1, 0.15) is 24.2 Å². The summed E-state index contributed by atoms with van der Waals surface area (Å²) < 4.78 is 1.79. The largest absolute Gasteiger partial charge is 0.341 e. The van der Waals surface area contributed by atoms with E-state index in [1.54, 1.807) is 4.68 Å². The molecule has 0 unspecified atom stereocenters. The zero-order valence-corrected chi connectivity index (χ0v) is 9.36. The molecule has 0 bridgehead atoms. The number of hydrogen-bond acceptors (Lipinski definition) is 2. The first kappa shape index (κ1) is 10.2. The topological polar surface area (TPSA) is 38.1 Å². The molecular weight excluding hydrogens is 190 g/mol. The van der Waals surface area contributed by atoms with Crippen molar-refractivity contribution in [3.8, 4) is 0 Å². The molecule has 1 fully saturated rings. The second-order valence-corrected chi connectivity index (χ2v) is 4.17. The number of carbonyl (C=O) groups is 1. The van der Waals surface area contributed by atoms with Crippen molar-refractivity contribution in [3.63, 3.8) is 0 Å². The molecule has 1 aromatic heterocycles. The number of nitrogens with zero attached hydrogens (tertiary/aromatic N) is 3. The lowest BCUT2D eigenvalue weighted by molar-refractivity contribution is -0.130. The first-order valence-electron chi connectivity index (χ1n) is 5.45. The highest BCUT2D eigenvalue weighted by molar-refractivity contribution is 5.76. The maximum atomic E-state index is 11.8. The van der Waals surface area contributed by atoms with Crippen molar-refractivity contribution in [3.05, 3.63) is 17.5 Å². The van der Waals surface area contributed by atoms with Gasteiger partial charge in [0.25, 0.3) is 0 Å². The zero-order valence-electron chi connectivity index (χ0n) is 9.36. The van der Waals surface area contributed by atoms with Crippen LogP contribution in [0.5, 0.6) is 0 Å². The van der Waals surface area contributed by atoms with Gasteiger partial charge in [0.15, 0.2) is 0 Å². The van der Waals surface area contributed by atoms with E-state index in [9.17, 15) is 4.79 Å². The Morgan fingerprint density at radius 1 is 1.40 bits per heavy atom. The number of likely N-dealkylation sites (tertiary alicyclic amines) is 1. The molecule has 0 aliphatic carbocycles. The van der Waals surface area contributed by atoms with E-state index in [1.165, 1.54) is 0 Å². The van der Waals surface area contributed by atoms with Gasteiger partial charge in [-0.15, -0.1) is 0 Å². The number of rotatable bonds is 2. The molecule has 15 heavy (non-hydrogen) atoms. The van der Waals surface area contributed by atoms with Crippen LogP contribution in [0.15, 0.2) is 6.07 Å². The highest BCUT2D eigenvalue weighted by Gasteiger charge is 2.18. The summed E-state index contributed by atoms with van der Waals surface area (Å²) in [6, 6.07) is 2.00. The third-order valence-electron chi connectivity index (χ3n) is 2.85. The number of aromatic nitrogens is 2. The van der Waals surface area contributed by atoms with Crippen LogP contribution < -0.4 is 0 Å². The molecule has 4 heteroatoms. The molecule has 0 atom stereocenters. The Morgan fingerprint density at radius 3 is 2.60 bits per heavy atom. The quantitative estimate of drug-likeness (QED) is 0.729. The van der Waals surface area contributed by atoms with E-state index in [1.807, 2.05) is 24.8 Å². The van der Waals surface area contributed by atoms with Gasteiger partial charge in [-0.3, -0.25) is 9.48 Å². The minimum Gasteiger partial charge on any atom is -0.341 e. The van der Waals surface area contributed by atoms with Gasteiger partial charge < -0.3 is 4.90 Å². The van der Waals surface area contributed by atoms with Gasteiger partial charge in [-0.1, -0.05) is 0 Å². The van der Waals surface area contributed by atoms with E-state index >= 15 is 0 Å². The maximum absolute atomic E-state index is 11.8. The average Bonchev–Trinajstić information content (AvgIpc) is 2.76. The standard InChI is InChI=1S/C11H17N3O/c1-9-7-10(2)14(12-9)8-11(15)13-5-3-4-6-13/h7H,3-6,8H2,1-2H3. The molecule has 1 saturated heterocycles. The molecule has 0 aromatic carbocycles. The molecule has 82 valence electrons. The predicted octanol–water partition coefficient (Wildman–Crippen LogP) is 1.12. The summed E-state index contributed by atoms with van der Waals surface area (Å²) >= 11 is 0. The Morgan fingerprint density at radius 2 is 2.07 bits per heavy atom. The molecule has 1 amide bonds. The lowest BCUT2D eigenvalue weighted by Crippen LogP contribution is -2.31. The van der Waals surface area contributed by atoms with Gasteiger partial charge in [0.2, 0.25) is 5.91 Å². The molecule has 2 rings (SSSR count). The monoisotopic (exact) mass is 207 g/mol. The molecule has 4 nitrogen and oxygen atoms in total. The fourth-order valence-corrected chi connectivity index (χ4v) is 2.03. The summed E-state index contributed by atoms with van der Waals surface area (Å²) in [6.07, 6.45) is 2.28. The van der Waals surface area contributed by atoms with Crippen molar-refractivity contribution in [2.45, 2.75) is 33.2 Å². The van der Waals surface area contributed by atoms with Crippen molar-refractivity contribution in [1.82, 2.24) is 14.7 Å². The van der Waals surface area contributed by atoms with Crippen LogP contribution >= 0.6 is 0 Å². The molecule has 0 spiro atoms. The lowest BCUT2D eigenvalue weighted by Gasteiger charge is -2.15. The van der Waals surface area contributed by atoms with E-state index in [2.05, 4.69) is 5.10 Å². The van der Waals surface area contributed by atoms with Crippen LogP contribution in [-0.2, 0) is 11.3 Å². The number of hydrogen-bond donors (Lipinski definition) is 0. The fraction of sp³-hybridized carbons (Fsp3) is 0.636.